The molecule has 0 radical (unpaired) electrons. The highest BCUT2D eigenvalue weighted by atomic mass is 19.2. The number of aryl methyl sites for hydroxylation is 1. The maximum atomic E-state index is 13.7. The van der Waals surface area contributed by atoms with Crippen molar-refractivity contribution in [1.29, 1.82) is 0 Å². The zero-order valence-corrected chi connectivity index (χ0v) is 18.0. The molecule has 7 nitrogen and oxygen atoms in total. The fraction of sp³-hybridized carbons (Fsp3) is 0.250. The van der Waals surface area contributed by atoms with Crippen LogP contribution in [0.1, 0.15) is 24.2 Å². The lowest BCUT2D eigenvalue weighted by atomic mass is 9.84. The van der Waals surface area contributed by atoms with Crippen LogP contribution in [0, 0.1) is 18.6 Å². The molecule has 168 valence electrons. The number of imidazole rings is 1. The molecule has 1 aromatic carbocycles. The minimum Gasteiger partial charge on any atom is -0.385 e. The third-order valence-corrected chi connectivity index (χ3v) is 5.96. The summed E-state index contributed by atoms with van der Waals surface area (Å²) in [5.41, 5.74) is -0.0965. The Morgan fingerprint density at radius 2 is 1.70 bits per heavy atom. The lowest BCUT2D eigenvalue weighted by Crippen LogP contribution is -2.43. The summed E-state index contributed by atoms with van der Waals surface area (Å²) in [6.07, 6.45) is 5.96. The standard InChI is InChI=1S/C24H22F2N6O/c1-16-29-21(15-22(30-16)32-13-10-28-23(32)20-4-2-3-9-27-20)31-11-7-24(33,8-12-31)17-5-6-18(25)19(26)14-17/h2-6,9-10,13-15,33H,7-8,11-12H2,1H3. The van der Waals surface area contributed by atoms with Crippen LogP contribution < -0.4 is 4.90 Å². The molecule has 0 saturated carbocycles. The van der Waals surface area contributed by atoms with E-state index in [4.69, 9.17) is 0 Å². The summed E-state index contributed by atoms with van der Waals surface area (Å²) in [7, 11) is 0. The summed E-state index contributed by atoms with van der Waals surface area (Å²) in [5, 5.41) is 11.1. The lowest BCUT2D eigenvalue weighted by Gasteiger charge is -2.39. The van der Waals surface area contributed by atoms with Crippen molar-refractivity contribution in [3.05, 3.63) is 84.1 Å². The average Bonchev–Trinajstić information content (AvgIpc) is 3.32. The van der Waals surface area contributed by atoms with Gasteiger partial charge in [-0.1, -0.05) is 12.1 Å². The maximum Gasteiger partial charge on any atom is 0.164 e. The summed E-state index contributed by atoms with van der Waals surface area (Å²) in [6, 6.07) is 11.1. The number of nitrogens with zero attached hydrogens (tertiary/aromatic N) is 6. The van der Waals surface area contributed by atoms with Crippen molar-refractivity contribution >= 4 is 5.82 Å². The van der Waals surface area contributed by atoms with E-state index < -0.39 is 17.2 Å². The number of halogens is 2. The topological polar surface area (TPSA) is 80.0 Å². The van der Waals surface area contributed by atoms with Gasteiger partial charge in [0.25, 0.3) is 0 Å². The van der Waals surface area contributed by atoms with Crippen molar-refractivity contribution in [3.8, 4) is 17.3 Å². The zero-order chi connectivity index (χ0) is 23.0. The molecule has 5 rings (SSSR count). The Morgan fingerprint density at radius 1 is 0.909 bits per heavy atom. The minimum absolute atomic E-state index is 0.362. The van der Waals surface area contributed by atoms with Crippen LogP contribution in [0.2, 0.25) is 0 Å². The van der Waals surface area contributed by atoms with Gasteiger partial charge in [-0.3, -0.25) is 9.55 Å². The Balaban J connectivity index is 1.40. The molecule has 0 amide bonds. The summed E-state index contributed by atoms with van der Waals surface area (Å²) in [4.78, 5) is 20.1. The van der Waals surface area contributed by atoms with Crippen molar-refractivity contribution in [1.82, 2.24) is 24.5 Å². The zero-order valence-electron chi connectivity index (χ0n) is 18.0. The van der Waals surface area contributed by atoms with Crippen LogP contribution in [-0.2, 0) is 5.60 Å². The monoisotopic (exact) mass is 448 g/mol. The number of hydrogen-bond acceptors (Lipinski definition) is 6. The molecule has 4 aromatic rings. The van der Waals surface area contributed by atoms with Crippen LogP contribution in [0.3, 0.4) is 0 Å². The second kappa shape index (κ2) is 8.32. The number of benzene rings is 1. The molecule has 1 aliphatic heterocycles. The first kappa shape index (κ1) is 21.1. The van der Waals surface area contributed by atoms with Gasteiger partial charge in [0.1, 0.15) is 23.2 Å². The minimum atomic E-state index is -1.22. The van der Waals surface area contributed by atoms with E-state index >= 15 is 0 Å². The molecular formula is C24H22F2N6O. The Kier molecular flexibility index (Phi) is 5.33. The number of rotatable bonds is 4. The molecular weight excluding hydrogens is 426 g/mol. The van der Waals surface area contributed by atoms with Crippen molar-refractivity contribution in [2.45, 2.75) is 25.4 Å². The molecule has 0 atom stereocenters. The molecule has 3 aromatic heterocycles. The number of pyridine rings is 1. The average molecular weight is 448 g/mol. The van der Waals surface area contributed by atoms with E-state index in [-0.39, 0.29) is 0 Å². The Hall–Kier alpha value is -3.72. The molecule has 1 N–H and O–H groups in total. The molecule has 1 fully saturated rings. The van der Waals surface area contributed by atoms with Gasteiger partial charge < -0.3 is 10.0 Å². The maximum absolute atomic E-state index is 13.7. The molecule has 1 aliphatic rings. The van der Waals surface area contributed by atoms with Crippen molar-refractivity contribution in [2.24, 2.45) is 0 Å². The van der Waals surface area contributed by atoms with Gasteiger partial charge in [0, 0.05) is 37.7 Å². The Morgan fingerprint density at radius 3 is 2.42 bits per heavy atom. The number of hydrogen-bond donors (Lipinski definition) is 1. The smallest absolute Gasteiger partial charge is 0.164 e. The van der Waals surface area contributed by atoms with E-state index in [2.05, 4.69) is 24.8 Å². The van der Waals surface area contributed by atoms with Crippen LogP contribution in [0.15, 0.2) is 61.1 Å². The van der Waals surface area contributed by atoms with Gasteiger partial charge in [0.2, 0.25) is 0 Å². The van der Waals surface area contributed by atoms with Crippen LogP contribution in [0.4, 0.5) is 14.6 Å². The van der Waals surface area contributed by atoms with Crippen molar-refractivity contribution in [3.63, 3.8) is 0 Å². The van der Waals surface area contributed by atoms with Crippen molar-refractivity contribution < 1.29 is 13.9 Å². The predicted molar refractivity (Wildman–Crippen MR) is 119 cm³/mol. The molecule has 0 aliphatic carbocycles. The van der Waals surface area contributed by atoms with E-state index in [1.54, 1.807) is 12.4 Å². The highest BCUT2D eigenvalue weighted by molar-refractivity contribution is 5.54. The molecule has 4 heterocycles. The second-order valence-corrected chi connectivity index (χ2v) is 8.11. The lowest BCUT2D eigenvalue weighted by molar-refractivity contribution is 0.0113. The number of aliphatic hydroxyl groups is 1. The number of piperidine rings is 1. The summed E-state index contributed by atoms with van der Waals surface area (Å²) >= 11 is 0. The van der Waals surface area contributed by atoms with E-state index in [0.29, 0.717) is 49.0 Å². The highest BCUT2D eigenvalue weighted by Crippen LogP contribution is 2.35. The largest absolute Gasteiger partial charge is 0.385 e. The first-order chi connectivity index (χ1) is 15.9. The van der Waals surface area contributed by atoms with E-state index in [1.165, 1.54) is 6.07 Å². The van der Waals surface area contributed by atoms with Crippen molar-refractivity contribution in [2.75, 3.05) is 18.0 Å². The van der Waals surface area contributed by atoms with Gasteiger partial charge in [0.05, 0.1) is 5.60 Å². The predicted octanol–water partition coefficient (Wildman–Crippen LogP) is 3.80. The van der Waals surface area contributed by atoms with E-state index in [9.17, 15) is 13.9 Å². The van der Waals surface area contributed by atoms with Gasteiger partial charge in [0.15, 0.2) is 17.5 Å². The molecule has 0 unspecified atom stereocenters. The summed E-state index contributed by atoms with van der Waals surface area (Å²) in [6.45, 7) is 2.83. The van der Waals surface area contributed by atoms with Gasteiger partial charge in [-0.05, 0) is 49.6 Å². The molecule has 0 bridgehead atoms. The number of aromatic nitrogens is 5. The van der Waals surface area contributed by atoms with Gasteiger partial charge in [-0.2, -0.15) is 0 Å². The van der Waals surface area contributed by atoms with Gasteiger partial charge in [-0.15, -0.1) is 0 Å². The number of anilines is 1. The quantitative estimate of drug-likeness (QED) is 0.512. The van der Waals surface area contributed by atoms with Gasteiger partial charge >= 0.3 is 0 Å². The van der Waals surface area contributed by atoms with Gasteiger partial charge in [-0.25, -0.2) is 23.7 Å². The molecule has 9 heteroatoms. The Bertz CT molecular complexity index is 1290. The first-order valence-corrected chi connectivity index (χ1v) is 10.7. The third kappa shape index (κ3) is 4.07. The molecule has 33 heavy (non-hydrogen) atoms. The van der Waals surface area contributed by atoms with E-state index in [1.807, 2.05) is 42.0 Å². The fourth-order valence-corrected chi connectivity index (χ4v) is 4.17. The molecule has 0 spiro atoms. The molecule has 1 saturated heterocycles. The summed E-state index contributed by atoms with van der Waals surface area (Å²) < 4.78 is 28.9. The normalized spacial score (nSPS) is 15.6. The fourth-order valence-electron chi connectivity index (χ4n) is 4.17. The van der Waals surface area contributed by atoms with Crippen LogP contribution >= 0.6 is 0 Å². The second-order valence-electron chi connectivity index (χ2n) is 8.11. The van der Waals surface area contributed by atoms with Crippen LogP contribution in [0.25, 0.3) is 17.3 Å². The Labute approximate surface area is 189 Å². The van der Waals surface area contributed by atoms with Crippen LogP contribution in [-0.4, -0.2) is 42.7 Å². The van der Waals surface area contributed by atoms with Crippen LogP contribution in [0.5, 0.6) is 0 Å². The summed E-state index contributed by atoms with van der Waals surface area (Å²) in [5.74, 6) is 0.787. The SMILES string of the molecule is Cc1nc(N2CCC(O)(c3ccc(F)c(F)c3)CC2)cc(-n2ccnc2-c2ccccn2)n1. The third-order valence-electron chi connectivity index (χ3n) is 5.96. The highest BCUT2D eigenvalue weighted by Gasteiger charge is 2.35. The first-order valence-electron chi connectivity index (χ1n) is 10.7. The van der Waals surface area contributed by atoms with E-state index in [0.717, 1.165) is 23.6 Å².